The lowest BCUT2D eigenvalue weighted by atomic mass is 10.1. The summed E-state index contributed by atoms with van der Waals surface area (Å²) in [4.78, 5) is 1.53. The second-order valence-electron chi connectivity index (χ2n) is 4.57. The van der Waals surface area contributed by atoms with Gasteiger partial charge >= 0.3 is 0 Å². The van der Waals surface area contributed by atoms with Gasteiger partial charge in [0.2, 0.25) is 0 Å². The highest BCUT2D eigenvalue weighted by atomic mass is 32.2. The van der Waals surface area contributed by atoms with Crippen molar-refractivity contribution in [3.05, 3.63) is 11.0 Å². The summed E-state index contributed by atoms with van der Waals surface area (Å²) in [6.45, 7) is 6.80. The number of unbranched alkanes of at least 4 members (excludes halogenated alkanes) is 7. The second kappa shape index (κ2) is 13.2. The van der Waals surface area contributed by atoms with Crippen molar-refractivity contribution in [3.63, 3.8) is 0 Å². The molecule has 0 aliphatic rings. The Morgan fingerprint density at radius 1 is 0.875 bits per heavy atom. The number of thioether (sulfide) groups is 1. The Labute approximate surface area is 107 Å². The van der Waals surface area contributed by atoms with E-state index in [4.69, 9.17) is 0 Å². The van der Waals surface area contributed by atoms with E-state index in [9.17, 15) is 0 Å². The number of hydrogen-bond donors (Lipinski definition) is 0. The van der Waals surface area contributed by atoms with Gasteiger partial charge in [0, 0.05) is 0 Å². The maximum absolute atomic E-state index is 2.43. The monoisotopic (exact) mass is 242 g/mol. The van der Waals surface area contributed by atoms with Gasteiger partial charge in [-0.2, -0.15) is 0 Å². The van der Waals surface area contributed by atoms with Crippen LogP contribution in [0.5, 0.6) is 0 Å². The van der Waals surface area contributed by atoms with E-state index >= 15 is 0 Å². The first-order valence-corrected chi connectivity index (χ1v) is 8.09. The zero-order chi connectivity index (χ0) is 12.1. The molecule has 0 heterocycles. The minimum absolute atomic E-state index is 1.29. The van der Waals surface area contributed by atoms with Crippen molar-refractivity contribution in [2.75, 3.05) is 5.75 Å². The summed E-state index contributed by atoms with van der Waals surface area (Å²) in [5.74, 6) is 1.30. The van der Waals surface area contributed by atoms with Crippen LogP contribution >= 0.6 is 11.8 Å². The Morgan fingerprint density at radius 2 is 1.50 bits per heavy atom. The highest BCUT2D eigenvalue weighted by Gasteiger charge is 1.92. The van der Waals surface area contributed by atoms with Crippen molar-refractivity contribution in [3.8, 4) is 0 Å². The molecule has 0 amide bonds. The molecule has 1 heteroatoms. The molecule has 0 radical (unpaired) electrons. The number of hydrogen-bond acceptors (Lipinski definition) is 1. The normalized spacial score (nSPS) is 12.1. The second-order valence-corrected chi connectivity index (χ2v) is 5.91. The first kappa shape index (κ1) is 16.1. The molecule has 96 valence electrons. The average Bonchev–Trinajstić information content (AvgIpc) is 2.28. The van der Waals surface area contributed by atoms with E-state index in [1.165, 1.54) is 68.4 Å². The zero-order valence-electron chi connectivity index (χ0n) is 11.6. The Hall–Kier alpha value is 0.0900. The summed E-state index contributed by atoms with van der Waals surface area (Å²) >= 11 is 2.03. The molecule has 0 aromatic carbocycles. The summed E-state index contributed by atoms with van der Waals surface area (Å²) in [6.07, 6.45) is 14.8. The molecule has 0 aromatic rings. The summed E-state index contributed by atoms with van der Waals surface area (Å²) in [5.41, 5.74) is 0. The van der Waals surface area contributed by atoms with Gasteiger partial charge in [-0.1, -0.05) is 58.4 Å². The molecule has 0 bridgehead atoms. The van der Waals surface area contributed by atoms with Gasteiger partial charge in [-0.25, -0.2) is 0 Å². The van der Waals surface area contributed by atoms with Crippen LogP contribution in [0.4, 0.5) is 0 Å². The Kier molecular flexibility index (Phi) is 13.2. The van der Waals surface area contributed by atoms with Gasteiger partial charge in [0.1, 0.15) is 0 Å². The molecule has 16 heavy (non-hydrogen) atoms. The van der Waals surface area contributed by atoms with E-state index in [0.29, 0.717) is 0 Å². The van der Waals surface area contributed by atoms with E-state index < -0.39 is 0 Å². The molecular weight excluding hydrogens is 212 g/mol. The minimum atomic E-state index is 1.29. The standard InChI is InChI=1S/C15H30S/c1-4-6-8-9-10-11-12-13-15(3)16-14-7-5-2/h13H,4-12,14H2,1-3H3/b15-13+. The van der Waals surface area contributed by atoms with E-state index in [-0.39, 0.29) is 0 Å². The molecular formula is C15H30S. The Morgan fingerprint density at radius 3 is 2.19 bits per heavy atom. The average molecular weight is 242 g/mol. The van der Waals surface area contributed by atoms with Gasteiger partial charge in [0.15, 0.2) is 0 Å². The van der Waals surface area contributed by atoms with Crippen molar-refractivity contribution in [1.29, 1.82) is 0 Å². The maximum Gasteiger partial charge on any atom is -0.00236 e. The van der Waals surface area contributed by atoms with Gasteiger partial charge in [-0.15, -0.1) is 11.8 Å². The minimum Gasteiger partial charge on any atom is -0.131 e. The summed E-state index contributed by atoms with van der Waals surface area (Å²) in [6, 6.07) is 0. The van der Waals surface area contributed by atoms with Crippen LogP contribution < -0.4 is 0 Å². The van der Waals surface area contributed by atoms with E-state index in [1.54, 1.807) is 0 Å². The third kappa shape index (κ3) is 12.2. The maximum atomic E-state index is 2.43. The van der Waals surface area contributed by atoms with Crippen molar-refractivity contribution in [2.45, 2.75) is 78.6 Å². The third-order valence-electron chi connectivity index (χ3n) is 2.82. The lowest BCUT2D eigenvalue weighted by Gasteiger charge is -2.01. The Bertz CT molecular complexity index is 161. The molecule has 0 N–H and O–H groups in total. The highest BCUT2D eigenvalue weighted by Crippen LogP contribution is 2.18. The lowest BCUT2D eigenvalue weighted by Crippen LogP contribution is -1.80. The lowest BCUT2D eigenvalue weighted by molar-refractivity contribution is 0.611. The van der Waals surface area contributed by atoms with E-state index in [0.717, 1.165) is 0 Å². The molecule has 0 saturated carbocycles. The number of rotatable bonds is 11. The van der Waals surface area contributed by atoms with Crippen LogP contribution in [-0.2, 0) is 0 Å². The van der Waals surface area contributed by atoms with Crippen molar-refractivity contribution in [2.24, 2.45) is 0 Å². The van der Waals surface area contributed by atoms with E-state index in [1.807, 2.05) is 11.8 Å². The summed E-state index contributed by atoms with van der Waals surface area (Å²) in [7, 11) is 0. The first-order valence-electron chi connectivity index (χ1n) is 7.10. The molecule has 0 nitrogen and oxygen atoms in total. The van der Waals surface area contributed by atoms with Crippen molar-refractivity contribution >= 4 is 11.8 Å². The largest absolute Gasteiger partial charge is 0.131 e. The fourth-order valence-electron chi connectivity index (χ4n) is 1.67. The molecule has 0 rings (SSSR count). The van der Waals surface area contributed by atoms with E-state index in [2.05, 4.69) is 26.8 Å². The highest BCUT2D eigenvalue weighted by molar-refractivity contribution is 8.03. The molecule has 0 aliphatic heterocycles. The predicted molar refractivity (Wildman–Crippen MR) is 79.1 cm³/mol. The van der Waals surface area contributed by atoms with Crippen LogP contribution in [0, 0.1) is 0 Å². The van der Waals surface area contributed by atoms with Crippen LogP contribution in [0.1, 0.15) is 78.6 Å². The topological polar surface area (TPSA) is 0 Å². The summed E-state index contributed by atoms with van der Waals surface area (Å²) in [5, 5.41) is 0. The fraction of sp³-hybridized carbons (Fsp3) is 0.867. The van der Waals surface area contributed by atoms with Crippen LogP contribution in [0.2, 0.25) is 0 Å². The molecule has 0 aliphatic carbocycles. The fourth-order valence-corrected chi connectivity index (χ4v) is 2.66. The van der Waals surface area contributed by atoms with Crippen molar-refractivity contribution < 1.29 is 0 Å². The number of allylic oxidation sites excluding steroid dienone is 2. The molecule has 0 aromatic heterocycles. The van der Waals surface area contributed by atoms with Gasteiger partial charge in [-0.3, -0.25) is 0 Å². The SMILES string of the molecule is CCCCCCCC/C=C(\C)SCCCC. The van der Waals surface area contributed by atoms with Gasteiger partial charge in [0.05, 0.1) is 0 Å². The molecule has 0 fully saturated rings. The quantitative estimate of drug-likeness (QED) is 0.390. The van der Waals surface area contributed by atoms with Crippen LogP contribution in [0.3, 0.4) is 0 Å². The van der Waals surface area contributed by atoms with Gasteiger partial charge in [-0.05, 0) is 36.8 Å². The predicted octanol–water partition coefficient (Wildman–Crippen LogP) is 6.17. The first-order chi connectivity index (χ1) is 7.81. The summed E-state index contributed by atoms with van der Waals surface area (Å²) < 4.78 is 0. The van der Waals surface area contributed by atoms with Gasteiger partial charge < -0.3 is 0 Å². The smallest absolute Gasteiger partial charge is 0.00236 e. The van der Waals surface area contributed by atoms with Crippen molar-refractivity contribution in [1.82, 2.24) is 0 Å². The molecule has 0 saturated heterocycles. The Balaban J connectivity index is 3.23. The molecule has 0 unspecified atom stereocenters. The van der Waals surface area contributed by atoms with Crippen LogP contribution in [0.25, 0.3) is 0 Å². The van der Waals surface area contributed by atoms with Gasteiger partial charge in [0.25, 0.3) is 0 Å². The molecule has 0 spiro atoms. The van der Waals surface area contributed by atoms with Crippen LogP contribution in [0.15, 0.2) is 11.0 Å². The zero-order valence-corrected chi connectivity index (χ0v) is 12.4. The third-order valence-corrected chi connectivity index (χ3v) is 3.93. The molecule has 0 atom stereocenters. The van der Waals surface area contributed by atoms with Crippen LogP contribution in [-0.4, -0.2) is 5.75 Å².